The first-order chi connectivity index (χ1) is 7.70. The van der Waals surface area contributed by atoms with Crippen LogP contribution in [0.2, 0.25) is 0 Å². The molecule has 86 valence electrons. The number of hydrogen-bond acceptors (Lipinski definition) is 5. The van der Waals surface area contributed by atoms with Gasteiger partial charge in [0.25, 0.3) is 0 Å². The Morgan fingerprint density at radius 2 is 2.19 bits per heavy atom. The molecule has 1 N–H and O–H groups in total. The Hall–Kier alpha value is -1.12. The monoisotopic (exact) mass is 236 g/mol. The number of rotatable bonds is 6. The van der Waals surface area contributed by atoms with Crippen molar-refractivity contribution in [1.82, 2.24) is 15.3 Å². The summed E-state index contributed by atoms with van der Waals surface area (Å²) in [6, 6.07) is 4.08. The van der Waals surface area contributed by atoms with Crippen LogP contribution >= 0.6 is 11.8 Å². The minimum Gasteiger partial charge on any atom is -0.299 e. The van der Waals surface area contributed by atoms with Gasteiger partial charge < -0.3 is 0 Å². The van der Waals surface area contributed by atoms with Crippen LogP contribution in [0.1, 0.15) is 20.3 Å². The van der Waals surface area contributed by atoms with E-state index in [1.54, 1.807) is 18.5 Å². The molecule has 16 heavy (non-hydrogen) atoms. The molecule has 1 heterocycles. The summed E-state index contributed by atoms with van der Waals surface area (Å²) in [4.78, 5) is 8.22. The summed E-state index contributed by atoms with van der Waals surface area (Å²) in [5, 5.41) is 13.1. The Morgan fingerprint density at radius 3 is 2.75 bits per heavy atom. The first-order valence-electron chi connectivity index (χ1n) is 5.26. The standard InChI is InChI=1S/C11H16N4S/c1-3-5-15-11(2,8-12)9-16-10-13-6-4-7-14-10/h4,6-7,15H,3,5,9H2,1-2H3. The van der Waals surface area contributed by atoms with Gasteiger partial charge in [0.1, 0.15) is 5.54 Å². The zero-order valence-electron chi connectivity index (χ0n) is 9.60. The summed E-state index contributed by atoms with van der Waals surface area (Å²) >= 11 is 1.50. The normalized spacial score (nSPS) is 14.1. The van der Waals surface area contributed by atoms with Crippen molar-refractivity contribution in [3.63, 3.8) is 0 Å². The lowest BCUT2D eigenvalue weighted by atomic mass is 10.1. The lowest BCUT2D eigenvalue weighted by molar-refractivity contribution is 0.493. The van der Waals surface area contributed by atoms with E-state index >= 15 is 0 Å². The number of nitriles is 1. The molecule has 0 aromatic carbocycles. The molecular formula is C11H16N4S. The smallest absolute Gasteiger partial charge is 0.187 e. The molecule has 0 aliphatic carbocycles. The lowest BCUT2D eigenvalue weighted by Gasteiger charge is -2.21. The minimum absolute atomic E-state index is 0.514. The zero-order chi connectivity index (χ0) is 11.9. The van der Waals surface area contributed by atoms with E-state index in [1.807, 2.05) is 6.92 Å². The average Bonchev–Trinajstić information content (AvgIpc) is 2.35. The van der Waals surface area contributed by atoms with E-state index in [0.29, 0.717) is 10.9 Å². The van der Waals surface area contributed by atoms with Gasteiger partial charge in [-0.25, -0.2) is 9.97 Å². The van der Waals surface area contributed by atoms with Gasteiger partial charge in [0.15, 0.2) is 5.16 Å². The van der Waals surface area contributed by atoms with Crippen LogP contribution in [0.25, 0.3) is 0 Å². The average molecular weight is 236 g/mol. The Balaban J connectivity index is 2.49. The van der Waals surface area contributed by atoms with E-state index in [4.69, 9.17) is 5.26 Å². The molecule has 0 saturated heterocycles. The summed E-state index contributed by atoms with van der Waals surface area (Å²) in [6.07, 6.45) is 4.43. The van der Waals surface area contributed by atoms with E-state index in [0.717, 1.165) is 13.0 Å². The third-order valence-electron chi connectivity index (χ3n) is 2.04. The fourth-order valence-corrected chi connectivity index (χ4v) is 1.95. The van der Waals surface area contributed by atoms with Crippen LogP contribution in [-0.2, 0) is 0 Å². The molecular weight excluding hydrogens is 220 g/mol. The van der Waals surface area contributed by atoms with Crippen LogP contribution in [0.5, 0.6) is 0 Å². The van der Waals surface area contributed by atoms with E-state index in [-0.39, 0.29) is 0 Å². The van der Waals surface area contributed by atoms with Crippen molar-refractivity contribution in [2.45, 2.75) is 31.0 Å². The number of hydrogen-bond donors (Lipinski definition) is 1. The van der Waals surface area contributed by atoms with E-state index in [9.17, 15) is 0 Å². The fraction of sp³-hybridized carbons (Fsp3) is 0.545. The van der Waals surface area contributed by atoms with Gasteiger partial charge in [-0.1, -0.05) is 18.7 Å². The molecule has 0 aliphatic heterocycles. The van der Waals surface area contributed by atoms with Crippen LogP contribution in [0.15, 0.2) is 23.6 Å². The molecule has 0 saturated carbocycles. The predicted octanol–water partition coefficient (Wildman–Crippen LogP) is 1.85. The second kappa shape index (κ2) is 6.46. The van der Waals surface area contributed by atoms with Gasteiger partial charge in [-0.2, -0.15) is 5.26 Å². The zero-order valence-corrected chi connectivity index (χ0v) is 10.4. The molecule has 0 spiro atoms. The van der Waals surface area contributed by atoms with Crippen LogP contribution < -0.4 is 5.32 Å². The van der Waals surface area contributed by atoms with E-state index in [2.05, 4.69) is 28.3 Å². The predicted molar refractivity (Wildman–Crippen MR) is 65.1 cm³/mol. The highest BCUT2D eigenvalue weighted by atomic mass is 32.2. The van der Waals surface area contributed by atoms with E-state index < -0.39 is 5.54 Å². The molecule has 0 bridgehead atoms. The highest BCUT2D eigenvalue weighted by Crippen LogP contribution is 2.18. The van der Waals surface area contributed by atoms with Crippen molar-refractivity contribution < 1.29 is 0 Å². The summed E-state index contributed by atoms with van der Waals surface area (Å²) in [5.74, 6) is 0.646. The Labute approximate surface area is 100 Å². The maximum Gasteiger partial charge on any atom is 0.187 e. The lowest BCUT2D eigenvalue weighted by Crippen LogP contribution is -2.43. The van der Waals surface area contributed by atoms with Gasteiger partial charge in [-0.05, 0) is 26.0 Å². The Morgan fingerprint density at radius 1 is 1.50 bits per heavy atom. The SMILES string of the molecule is CCCNC(C)(C#N)CSc1ncccn1. The number of nitrogens with zero attached hydrogens (tertiary/aromatic N) is 3. The topological polar surface area (TPSA) is 61.6 Å². The number of aromatic nitrogens is 2. The van der Waals surface area contributed by atoms with Crippen molar-refractivity contribution in [2.24, 2.45) is 0 Å². The molecule has 5 heteroatoms. The Bertz CT molecular complexity index is 349. The molecule has 1 atom stereocenters. The summed E-state index contributed by atoms with van der Waals surface area (Å²) < 4.78 is 0. The summed E-state index contributed by atoms with van der Waals surface area (Å²) in [5.41, 5.74) is -0.514. The van der Waals surface area contributed by atoms with Gasteiger partial charge in [-0.3, -0.25) is 5.32 Å². The first kappa shape index (κ1) is 12.9. The molecule has 0 radical (unpaired) electrons. The van der Waals surface area contributed by atoms with Gasteiger partial charge in [0, 0.05) is 18.1 Å². The Kier molecular flexibility index (Phi) is 5.23. The molecule has 0 amide bonds. The van der Waals surface area contributed by atoms with Gasteiger partial charge in [0.2, 0.25) is 0 Å². The van der Waals surface area contributed by atoms with Gasteiger partial charge in [0.05, 0.1) is 6.07 Å². The van der Waals surface area contributed by atoms with Crippen LogP contribution in [-0.4, -0.2) is 27.8 Å². The summed E-state index contributed by atoms with van der Waals surface area (Å²) in [7, 11) is 0. The quantitative estimate of drug-likeness (QED) is 0.603. The van der Waals surface area contributed by atoms with Crippen LogP contribution in [0.4, 0.5) is 0 Å². The van der Waals surface area contributed by atoms with Crippen LogP contribution in [0, 0.1) is 11.3 Å². The largest absolute Gasteiger partial charge is 0.299 e. The summed E-state index contributed by atoms with van der Waals surface area (Å²) in [6.45, 7) is 4.83. The molecule has 4 nitrogen and oxygen atoms in total. The maximum absolute atomic E-state index is 9.12. The van der Waals surface area contributed by atoms with Crippen LogP contribution in [0.3, 0.4) is 0 Å². The van der Waals surface area contributed by atoms with Crippen molar-refractivity contribution in [3.8, 4) is 6.07 Å². The second-order valence-corrected chi connectivity index (χ2v) is 4.63. The first-order valence-corrected chi connectivity index (χ1v) is 6.25. The van der Waals surface area contributed by atoms with Crippen molar-refractivity contribution >= 4 is 11.8 Å². The third-order valence-corrected chi connectivity index (χ3v) is 3.23. The second-order valence-electron chi connectivity index (χ2n) is 3.69. The highest BCUT2D eigenvalue weighted by molar-refractivity contribution is 7.99. The molecule has 1 aromatic heterocycles. The molecule has 1 unspecified atom stereocenters. The number of thioether (sulfide) groups is 1. The fourth-order valence-electron chi connectivity index (χ4n) is 1.09. The maximum atomic E-state index is 9.12. The van der Waals surface area contributed by atoms with Crippen molar-refractivity contribution in [1.29, 1.82) is 5.26 Å². The minimum atomic E-state index is -0.514. The van der Waals surface area contributed by atoms with E-state index in [1.165, 1.54) is 11.8 Å². The van der Waals surface area contributed by atoms with Crippen molar-refractivity contribution in [3.05, 3.63) is 18.5 Å². The molecule has 1 aromatic rings. The van der Waals surface area contributed by atoms with Crippen molar-refractivity contribution in [2.75, 3.05) is 12.3 Å². The molecule has 1 rings (SSSR count). The third kappa shape index (κ3) is 4.17. The van der Waals surface area contributed by atoms with Gasteiger partial charge in [-0.15, -0.1) is 0 Å². The highest BCUT2D eigenvalue weighted by Gasteiger charge is 2.23. The molecule has 0 fully saturated rings. The van der Waals surface area contributed by atoms with Gasteiger partial charge >= 0.3 is 0 Å². The molecule has 0 aliphatic rings. The number of nitrogens with one attached hydrogen (secondary N) is 1.